The van der Waals surface area contributed by atoms with Crippen molar-refractivity contribution in [3.05, 3.63) is 65.6 Å². The van der Waals surface area contributed by atoms with Crippen molar-refractivity contribution in [2.45, 2.75) is 20.8 Å². The van der Waals surface area contributed by atoms with Crippen LogP contribution in [0.4, 0.5) is 0 Å². The Morgan fingerprint density at radius 2 is 1.62 bits per heavy atom. The molecule has 3 aromatic heterocycles. The van der Waals surface area contributed by atoms with Gasteiger partial charge in [-0.1, -0.05) is 12.1 Å². The van der Waals surface area contributed by atoms with Gasteiger partial charge in [-0.15, -0.1) is 0 Å². The number of rotatable bonds is 2. The van der Waals surface area contributed by atoms with Gasteiger partial charge in [0.2, 0.25) is 0 Å². The summed E-state index contributed by atoms with van der Waals surface area (Å²) in [4.78, 5) is 4.41. The highest BCUT2D eigenvalue weighted by Crippen LogP contribution is 2.26. The molecule has 0 radical (unpaired) electrons. The highest BCUT2D eigenvalue weighted by Gasteiger charge is 2.08. The Labute approximate surface area is 140 Å². The van der Waals surface area contributed by atoms with E-state index in [1.165, 1.54) is 0 Å². The maximum atomic E-state index is 4.65. The highest BCUT2D eigenvalue weighted by molar-refractivity contribution is 5.70. The third-order valence-corrected chi connectivity index (χ3v) is 4.04. The predicted molar refractivity (Wildman–Crippen MR) is 93.7 cm³/mol. The highest BCUT2D eigenvalue weighted by atomic mass is 15.2. The van der Waals surface area contributed by atoms with Crippen LogP contribution in [0.25, 0.3) is 28.2 Å². The third-order valence-electron chi connectivity index (χ3n) is 4.04. The molecule has 3 heterocycles. The van der Waals surface area contributed by atoms with Crippen molar-refractivity contribution in [1.29, 1.82) is 0 Å². The van der Waals surface area contributed by atoms with Crippen LogP contribution in [0.1, 0.15) is 17.0 Å². The van der Waals surface area contributed by atoms with Gasteiger partial charge in [-0.2, -0.15) is 15.3 Å². The molecule has 0 spiro atoms. The minimum atomic E-state index is 0.861. The molecule has 0 N–H and O–H groups in total. The number of imidazole rings is 1. The summed E-state index contributed by atoms with van der Waals surface area (Å²) in [6.45, 7) is 5.99. The number of hydrogen-bond donors (Lipinski definition) is 0. The molecule has 1 aromatic carbocycles. The third kappa shape index (κ3) is 2.54. The zero-order valence-electron chi connectivity index (χ0n) is 13.9. The monoisotopic (exact) mass is 315 g/mol. The largest absolute Gasteiger partial charge is 0.232 e. The maximum absolute atomic E-state index is 4.65. The summed E-state index contributed by atoms with van der Waals surface area (Å²) in [7, 11) is 0. The van der Waals surface area contributed by atoms with E-state index in [0.29, 0.717) is 0 Å². The average molecular weight is 315 g/mol. The van der Waals surface area contributed by atoms with Crippen molar-refractivity contribution >= 4 is 5.65 Å². The van der Waals surface area contributed by atoms with Gasteiger partial charge in [0.1, 0.15) is 0 Å². The zero-order chi connectivity index (χ0) is 16.7. The van der Waals surface area contributed by atoms with Gasteiger partial charge < -0.3 is 0 Å². The van der Waals surface area contributed by atoms with Crippen LogP contribution in [0, 0.1) is 20.8 Å². The fraction of sp³-hybridized carbons (Fsp3) is 0.158. The molecule has 5 nitrogen and oxygen atoms in total. The van der Waals surface area contributed by atoms with Crippen molar-refractivity contribution in [2.75, 3.05) is 0 Å². The summed E-state index contributed by atoms with van der Waals surface area (Å²) in [5.74, 6) is 0. The Morgan fingerprint density at radius 1 is 0.792 bits per heavy atom. The van der Waals surface area contributed by atoms with E-state index in [-0.39, 0.29) is 0 Å². The summed E-state index contributed by atoms with van der Waals surface area (Å²) in [5, 5.41) is 13.1. The van der Waals surface area contributed by atoms with Crippen LogP contribution in [-0.4, -0.2) is 24.8 Å². The first-order valence-electron chi connectivity index (χ1n) is 7.85. The standard InChI is InChI=1S/C19H17N5/c1-12-10-15(5-6-16(12)18-7-4-13(2)21-22-18)17-8-9-19-20-14(3)11-24(19)23-17/h4-11H,1-3H3. The second-order valence-electron chi connectivity index (χ2n) is 5.99. The van der Waals surface area contributed by atoms with Crippen molar-refractivity contribution < 1.29 is 0 Å². The molecule has 0 saturated heterocycles. The molecule has 4 rings (SSSR count). The Balaban J connectivity index is 1.75. The Morgan fingerprint density at radius 3 is 2.38 bits per heavy atom. The Kier molecular flexibility index (Phi) is 3.34. The number of fused-ring (bicyclic) bond motifs is 1. The van der Waals surface area contributed by atoms with Crippen molar-refractivity contribution in [3.8, 4) is 22.5 Å². The van der Waals surface area contributed by atoms with E-state index < -0.39 is 0 Å². The lowest BCUT2D eigenvalue weighted by molar-refractivity contribution is 0.940. The van der Waals surface area contributed by atoms with Crippen molar-refractivity contribution in [1.82, 2.24) is 24.8 Å². The fourth-order valence-corrected chi connectivity index (χ4v) is 2.81. The molecule has 0 aliphatic rings. The molecular formula is C19H17N5. The van der Waals surface area contributed by atoms with E-state index in [1.807, 2.05) is 48.8 Å². The Bertz CT molecular complexity index is 1030. The maximum Gasteiger partial charge on any atom is 0.153 e. The van der Waals surface area contributed by atoms with E-state index in [9.17, 15) is 0 Å². The van der Waals surface area contributed by atoms with E-state index in [0.717, 1.165) is 45.1 Å². The molecule has 0 bridgehead atoms. The number of benzene rings is 1. The van der Waals surface area contributed by atoms with Crippen LogP contribution in [0.15, 0.2) is 48.7 Å². The van der Waals surface area contributed by atoms with Crippen molar-refractivity contribution in [2.24, 2.45) is 0 Å². The quantitative estimate of drug-likeness (QED) is 0.565. The normalized spacial score (nSPS) is 11.1. The van der Waals surface area contributed by atoms with Crippen LogP contribution in [-0.2, 0) is 0 Å². The minimum absolute atomic E-state index is 0.861. The summed E-state index contributed by atoms with van der Waals surface area (Å²) < 4.78 is 1.82. The molecular weight excluding hydrogens is 298 g/mol. The van der Waals surface area contributed by atoms with Gasteiger partial charge in [0.05, 0.1) is 29.0 Å². The summed E-state index contributed by atoms with van der Waals surface area (Å²) >= 11 is 0. The smallest absolute Gasteiger partial charge is 0.153 e. The van der Waals surface area contributed by atoms with Crippen LogP contribution in [0.5, 0.6) is 0 Å². The fourth-order valence-electron chi connectivity index (χ4n) is 2.81. The molecule has 0 fully saturated rings. The molecule has 0 unspecified atom stereocenters. The molecule has 118 valence electrons. The first-order valence-corrected chi connectivity index (χ1v) is 7.85. The van der Waals surface area contributed by atoms with Gasteiger partial charge in [0.15, 0.2) is 5.65 Å². The molecule has 0 atom stereocenters. The molecule has 5 heteroatoms. The number of aryl methyl sites for hydroxylation is 3. The first-order chi connectivity index (χ1) is 11.6. The lowest BCUT2D eigenvalue weighted by Gasteiger charge is -2.08. The lowest BCUT2D eigenvalue weighted by atomic mass is 10.0. The average Bonchev–Trinajstić information content (AvgIpc) is 2.95. The number of hydrogen-bond acceptors (Lipinski definition) is 4. The molecule has 0 aliphatic heterocycles. The van der Waals surface area contributed by atoms with E-state index in [2.05, 4.69) is 45.4 Å². The van der Waals surface area contributed by atoms with Crippen LogP contribution in [0.2, 0.25) is 0 Å². The van der Waals surface area contributed by atoms with Crippen molar-refractivity contribution in [3.63, 3.8) is 0 Å². The van der Waals surface area contributed by atoms with E-state index >= 15 is 0 Å². The second-order valence-corrected chi connectivity index (χ2v) is 5.99. The SMILES string of the molecule is Cc1ccc(-c2ccc(-c3ccc4nc(C)cn4n3)cc2C)nn1. The van der Waals surface area contributed by atoms with Crippen LogP contribution < -0.4 is 0 Å². The molecule has 24 heavy (non-hydrogen) atoms. The summed E-state index contributed by atoms with van der Waals surface area (Å²) in [5.41, 5.74) is 7.86. The second kappa shape index (κ2) is 5.53. The van der Waals surface area contributed by atoms with Gasteiger partial charge >= 0.3 is 0 Å². The zero-order valence-corrected chi connectivity index (χ0v) is 13.9. The van der Waals surface area contributed by atoms with Gasteiger partial charge in [0.25, 0.3) is 0 Å². The summed E-state index contributed by atoms with van der Waals surface area (Å²) in [6.07, 6.45) is 1.93. The summed E-state index contributed by atoms with van der Waals surface area (Å²) in [6, 6.07) is 14.3. The molecule has 4 aromatic rings. The minimum Gasteiger partial charge on any atom is -0.232 e. The van der Waals surface area contributed by atoms with E-state index in [1.54, 1.807) is 0 Å². The molecule has 0 amide bonds. The lowest BCUT2D eigenvalue weighted by Crippen LogP contribution is -1.95. The molecule has 0 saturated carbocycles. The van der Waals surface area contributed by atoms with Crippen LogP contribution in [0.3, 0.4) is 0 Å². The van der Waals surface area contributed by atoms with Crippen LogP contribution >= 0.6 is 0 Å². The van der Waals surface area contributed by atoms with Gasteiger partial charge in [-0.05, 0) is 56.7 Å². The van der Waals surface area contributed by atoms with Gasteiger partial charge in [-0.25, -0.2) is 9.50 Å². The predicted octanol–water partition coefficient (Wildman–Crippen LogP) is 3.78. The number of nitrogens with zero attached hydrogens (tertiary/aromatic N) is 5. The van der Waals surface area contributed by atoms with Gasteiger partial charge in [0, 0.05) is 11.1 Å². The molecule has 0 aliphatic carbocycles. The topological polar surface area (TPSA) is 56.0 Å². The van der Waals surface area contributed by atoms with E-state index in [4.69, 9.17) is 0 Å². The van der Waals surface area contributed by atoms with Gasteiger partial charge in [-0.3, -0.25) is 0 Å². The Hall–Kier alpha value is -3.08. The number of aromatic nitrogens is 5. The first kappa shape index (κ1) is 14.5.